The van der Waals surface area contributed by atoms with Crippen LogP contribution in [0.15, 0.2) is 17.3 Å². The molecule has 2 heterocycles. The number of aliphatic hydroxyl groups excluding tert-OH is 2. The van der Waals surface area contributed by atoms with E-state index >= 15 is 0 Å². The van der Waals surface area contributed by atoms with Gasteiger partial charge in [-0.2, -0.15) is 0 Å². The molecule has 0 aromatic rings. The van der Waals surface area contributed by atoms with Gasteiger partial charge in [0, 0.05) is 22.2 Å². The molecule has 0 amide bonds. The normalized spacial score (nSPS) is 52.2. The van der Waals surface area contributed by atoms with Crippen LogP contribution in [-0.2, 0) is 14.3 Å². The Morgan fingerprint density at radius 3 is 2.52 bits per heavy atom. The van der Waals surface area contributed by atoms with Gasteiger partial charge >= 0.3 is 0 Å². The molecule has 6 aliphatic rings. The fourth-order valence-corrected chi connectivity index (χ4v) is 8.73. The van der Waals surface area contributed by atoms with Crippen molar-refractivity contribution in [3.05, 3.63) is 22.6 Å². The van der Waals surface area contributed by atoms with E-state index in [1.165, 1.54) is 0 Å². The number of nitrogens with zero attached hydrogens (tertiary/aromatic N) is 3. The van der Waals surface area contributed by atoms with Gasteiger partial charge in [-0.05, 0) is 62.5 Å². The summed E-state index contributed by atoms with van der Waals surface area (Å²) in [5.41, 5.74) is 5.67. The average molecular weight is 462 g/mol. The van der Waals surface area contributed by atoms with Crippen LogP contribution in [0.1, 0.15) is 53.9 Å². The molecule has 0 unspecified atom stereocenters. The molecule has 4 saturated carbocycles. The van der Waals surface area contributed by atoms with Crippen LogP contribution in [0.2, 0.25) is 0 Å². The molecule has 6 rings (SSSR count). The molecule has 0 aromatic heterocycles. The van der Waals surface area contributed by atoms with Crippen molar-refractivity contribution >= 4 is 5.78 Å². The van der Waals surface area contributed by atoms with Crippen LogP contribution in [-0.4, -0.2) is 63.5 Å². The zero-order valence-corrected chi connectivity index (χ0v) is 20.0. The number of Topliss-reactive ketones (excluding diaryl/α,β-unsaturated/α-hetero) is 1. The van der Waals surface area contributed by atoms with E-state index in [0.717, 1.165) is 0 Å². The molecule has 2 aliphatic heterocycles. The predicted molar refractivity (Wildman–Crippen MR) is 118 cm³/mol. The van der Waals surface area contributed by atoms with Crippen molar-refractivity contribution < 1.29 is 29.6 Å². The third-order valence-corrected chi connectivity index (χ3v) is 9.50. The first kappa shape index (κ1) is 23.3. The Kier molecular flexibility index (Phi) is 4.65. The number of rotatable bonds is 2. The number of azide groups is 1. The minimum Gasteiger partial charge on any atom is -0.392 e. The molecule has 9 nitrogen and oxygen atoms in total. The lowest BCUT2D eigenvalue weighted by atomic mass is 9.35. The molecule has 182 valence electrons. The van der Waals surface area contributed by atoms with E-state index in [1.54, 1.807) is 0 Å². The first-order valence-electron chi connectivity index (χ1n) is 11.9. The number of fused-ring (bicyclic) bond motifs is 2. The maximum atomic E-state index is 14.0. The van der Waals surface area contributed by atoms with Crippen molar-refractivity contribution in [3.63, 3.8) is 0 Å². The molecule has 33 heavy (non-hydrogen) atoms. The van der Waals surface area contributed by atoms with Crippen LogP contribution >= 0.6 is 0 Å². The number of carbonyl (C=O) groups is 1. The molecule has 2 spiro atoms. The van der Waals surface area contributed by atoms with E-state index in [-0.39, 0.29) is 18.3 Å². The van der Waals surface area contributed by atoms with Crippen molar-refractivity contribution in [2.24, 2.45) is 39.1 Å². The Labute approximate surface area is 193 Å². The Hall–Kier alpha value is -1.48. The van der Waals surface area contributed by atoms with Crippen LogP contribution in [0.25, 0.3) is 10.4 Å². The average Bonchev–Trinajstić information content (AvgIpc) is 2.81. The SMILES string of the molecule is C=C1C(=O)[C@]23[C@H](OC(C)(C)C)[C@H]1CC[C@H]2[C@@]12CO[C@@]3(O)[C@@H](O)[C@@H]1C(C)(C)C[C@H](N=[N+]=[N-])[C@H]2O. The van der Waals surface area contributed by atoms with Gasteiger partial charge in [0.2, 0.25) is 5.79 Å². The summed E-state index contributed by atoms with van der Waals surface area (Å²) in [5, 5.41) is 39.6. The van der Waals surface area contributed by atoms with Gasteiger partial charge in [0.1, 0.15) is 11.5 Å². The monoisotopic (exact) mass is 461 g/mol. The van der Waals surface area contributed by atoms with Gasteiger partial charge in [-0.15, -0.1) is 0 Å². The summed E-state index contributed by atoms with van der Waals surface area (Å²) in [6.07, 6.45) is -1.80. The fourth-order valence-electron chi connectivity index (χ4n) is 8.73. The Morgan fingerprint density at radius 1 is 1.24 bits per heavy atom. The van der Waals surface area contributed by atoms with Crippen LogP contribution < -0.4 is 0 Å². The lowest BCUT2D eigenvalue weighted by Gasteiger charge is -2.75. The quantitative estimate of drug-likeness (QED) is 0.249. The highest BCUT2D eigenvalue weighted by atomic mass is 16.6. The second-order valence-electron chi connectivity index (χ2n) is 12.5. The van der Waals surface area contributed by atoms with Crippen LogP contribution in [0.3, 0.4) is 0 Å². The van der Waals surface area contributed by atoms with Gasteiger partial charge in [0.05, 0.1) is 30.5 Å². The maximum Gasteiger partial charge on any atom is 0.208 e. The first-order chi connectivity index (χ1) is 15.2. The molecule has 0 radical (unpaired) electrons. The number of aliphatic hydroxyl groups is 3. The third-order valence-electron chi connectivity index (χ3n) is 9.50. The summed E-state index contributed by atoms with van der Waals surface area (Å²) in [6.45, 7) is 13.6. The van der Waals surface area contributed by atoms with Gasteiger partial charge in [-0.1, -0.05) is 25.5 Å². The van der Waals surface area contributed by atoms with Crippen molar-refractivity contribution in [3.8, 4) is 0 Å². The number of hydrogen-bond donors (Lipinski definition) is 3. The second kappa shape index (κ2) is 6.59. The van der Waals surface area contributed by atoms with E-state index in [4.69, 9.17) is 9.47 Å². The molecule has 10 atom stereocenters. The minimum atomic E-state index is -2.17. The first-order valence-corrected chi connectivity index (χ1v) is 11.9. The number of ether oxygens (including phenoxy) is 2. The van der Waals surface area contributed by atoms with Crippen molar-refractivity contribution in [1.82, 2.24) is 0 Å². The maximum absolute atomic E-state index is 14.0. The zero-order chi connectivity index (χ0) is 24.4. The second-order valence-corrected chi connectivity index (χ2v) is 12.5. The summed E-state index contributed by atoms with van der Waals surface area (Å²) in [4.78, 5) is 17.0. The highest BCUT2D eigenvalue weighted by Gasteiger charge is 2.87. The third kappa shape index (κ3) is 2.46. The largest absolute Gasteiger partial charge is 0.392 e. The van der Waals surface area contributed by atoms with Gasteiger partial charge in [-0.25, -0.2) is 0 Å². The number of ketones is 1. The predicted octanol–water partition coefficient (Wildman–Crippen LogP) is 2.49. The van der Waals surface area contributed by atoms with E-state index in [2.05, 4.69) is 16.6 Å². The fraction of sp³-hybridized carbons (Fsp3) is 0.875. The highest BCUT2D eigenvalue weighted by molar-refractivity contribution is 6.05. The Balaban J connectivity index is 1.79. The van der Waals surface area contributed by atoms with Crippen molar-refractivity contribution in [1.29, 1.82) is 0 Å². The van der Waals surface area contributed by atoms with E-state index in [0.29, 0.717) is 24.8 Å². The minimum absolute atomic E-state index is 0.0354. The topological polar surface area (TPSA) is 145 Å². The molecule has 3 N–H and O–H groups in total. The van der Waals surface area contributed by atoms with Crippen LogP contribution in [0.4, 0.5) is 0 Å². The summed E-state index contributed by atoms with van der Waals surface area (Å²) >= 11 is 0. The van der Waals surface area contributed by atoms with Crippen LogP contribution in [0, 0.1) is 34.0 Å². The smallest absolute Gasteiger partial charge is 0.208 e. The summed E-state index contributed by atoms with van der Waals surface area (Å²) in [6, 6.07) is -0.738. The Morgan fingerprint density at radius 2 is 1.91 bits per heavy atom. The molecule has 0 aromatic carbocycles. The van der Waals surface area contributed by atoms with Gasteiger partial charge in [-0.3, -0.25) is 4.79 Å². The van der Waals surface area contributed by atoms with E-state index in [9.17, 15) is 25.6 Å². The van der Waals surface area contributed by atoms with Crippen molar-refractivity contribution in [2.45, 2.75) is 89.6 Å². The number of carbonyl (C=O) groups excluding carboxylic acids is 1. The summed E-state index contributed by atoms with van der Waals surface area (Å²) in [5.74, 6) is -3.91. The Bertz CT molecular complexity index is 970. The molecule has 4 bridgehead atoms. The van der Waals surface area contributed by atoms with Gasteiger partial charge < -0.3 is 24.8 Å². The summed E-state index contributed by atoms with van der Waals surface area (Å²) in [7, 11) is 0. The van der Waals surface area contributed by atoms with Crippen LogP contribution in [0.5, 0.6) is 0 Å². The lowest BCUT2D eigenvalue weighted by Crippen LogP contribution is -2.86. The molecule has 2 saturated heterocycles. The molecule has 6 fully saturated rings. The van der Waals surface area contributed by atoms with Gasteiger partial charge in [0.15, 0.2) is 5.78 Å². The molecular weight excluding hydrogens is 426 g/mol. The highest BCUT2D eigenvalue weighted by Crippen LogP contribution is 2.77. The molecule has 4 aliphatic carbocycles. The van der Waals surface area contributed by atoms with E-state index < -0.39 is 63.8 Å². The zero-order valence-electron chi connectivity index (χ0n) is 20.0. The van der Waals surface area contributed by atoms with Gasteiger partial charge in [0.25, 0.3) is 0 Å². The lowest BCUT2D eigenvalue weighted by molar-refractivity contribution is -0.462. The number of hydrogen-bond acceptors (Lipinski definition) is 7. The molecular formula is C24H35N3O6. The standard InChI is InChI=1S/C24H35N3O6/c1-11-12-7-8-14-22-10-32-24(31,23(14,16(11)28)19(12)33-20(2,3)4)18(30)15(22)21(5,6)9-13(17(22)29)26-27-25/h12-15,17-19,29-31H,1,7-10H2,2-6H3/t12-,13-,14-,15+,17+,18-,19+,22-,23-,24-/m0/s1. The molecule has 9 heteroatoms. The van der Waals surface area contributed by atoms with Crippen molar-refractivity contribution in [2.75, 3.05) is 6.61 Å². The van der Waals surface area contributed by atoms with E-state index in [1.807, 2.05) is 34.6 Å². The summed E-state index contributed by atoms with van der Waals surface area (Å²) < 4.78 is 12.5.